The summed E-state index contributed by atoms with van der Waals surface area (Å²) >= 11 is 7.01. The molecule has 0 aliphatic rings. The summed E-state index contributed by atoms with van der Waals surface area (Å²) in [6.45, 7) is 1.70. The van der Waals surface area contributed by atoms with Crippen LogP contribution in [-0.4, -0.2) is 16.8 Å². The minimum atomic E-state index is -0.197. The largest absolute Gasteiger partial charge is 0.411 e. The predicted octanol–water partition coefficient (Wildman–Crippen LogP) is 3.85. The van der Waals surface area contributed by atoms with Gasteiger partial charge in [-0.3, -0.25) is 4.79 Å². The van der Waals surface area contributed by atoms with Gasteiger partial charge in [0.05, 0.1) is 14.9 Å². The van der Waals surface area contributed by atoms with Gasteiger partial charge < -0.3 is 10.5 Å². The molecule has 2 N–H and O–H groups in total. The molecule has 0 fully saturated rings. The lowest BCUT2D eigenvalue weighted by molar-refractivity contribution is 0.103. The first kappa shape index (κ1) is 13.6. The summed E-state index contributed by atoms with van der Waals surface area (Å²) in [6, 6.07) is 10.4. The molecule has 6 heteroatoms. The second kappa shape index (κ2) is 5.86. The summed E-state index contributed by atoms with van der Waals surface area (Å²) in [5.74, 6) is -0.197. The van der Waals surface area contributed by atoms with Crippen molar-refractivity contribution in [3.05, 3.63) is 51.2 Å². The molecule has 0 unspecified atom stereocenters. The van der Waals surface area contributed by atoms with Crippen LogP contribution in [0.25, 0.3) is 0 Å². The molecule has 98 valence electrons. The molecule has 2 rings (SSSR count). The fourth-order valence-electron chi connectivity index (χ4n) is 1.48. The Hall–Kier alpha value is -1.85. The van der Waals surface area contributed by atoms with Gasteiger partial charge in [-0.1, -0.05) is 28.9 Å². The number of nitrogens with one attached hydrogen (secondary N) is 1. The van der Waals surface area contributed by atoms with Crippen LogP contribution in [-0.2, 0) is 0 Å². The number of hydrogen-bond acceptors (Lipinski definition) is 4. The number of carbonyl (C=O) groups excluding carboxylic acids is 1. The van der Waals surface area contributed by atoms with E-state index in [4.69, 9.17) is 16.8 Å². The van der Waals surface area contributed by atoms with Crippen molar-refractivity contribution in [3.8, 4) is 0 Å². The van der Waals surface area contributed by atoms with Crippen LogP contribution in [0, 0.1) is 0 Å². The number of thiophene rings is 1. The third-order valence-corrected chi connectivity index (χ3v) is 3.74. The van der Waals surface area contributed by atoms with E-state index in [1.54, 1.807) is 43.3 Å². The molecule has 0 radical (unpaired) electrons. The van der Waals surface area contributed by atoms with Gasteiger partial charge in [0.1, 0.15) is 0 Å². The lowest BCUT2D eigenvalue weighted by Gasteiger charge is -2.04. The smallest absolute Gasteiger partial charge is 0.265 e. The highest BCUT2D eigenvalue weighted by molar-refractivity contribution is 7.18. The molecule has 4 nitrogen and oxygen atoms in total. The van der Waals surface area contributed by atoms with E-state index >= 15 is 0 Å². The van der Waals surface area contributed by atoms with Gasteiger partial charge in [0.25, 0.3) is 5.91 Å². The highest BCUT2D eigenvalue weighted by Crippen LogP contribution is 2.22. The number of anilines is 1. The maximum Gasteiger partial charge on any atom is 0.265 e. The van der Waals surface area contributed by atoms with Crippen LogP contribution in [0.3, 0.4) is 0 Å². The Morgan fingerprint density at radius 1 is 1.26 bits per heavy atom. The van der Waals surface area contributed by atoms with E-state index in [0.717, 1.165) is 5.56 Å². The Labute approximate surface area is 119 Å². The second-order valence-corrected chi connectivity index (χ2v) is 5.54. The molecule has 1 aromatic carbocycles. The lowest BCUT2D eigenvalue weighted by Crippen LogP contribution is -2.10. The molecule has 1 heterocycles. The van der Waals surface area contributed by atoms with Crippen molar-refractivity contribution in [2.45, 2.75) is 6.92 Å². The highest BCUT2D eigenvalue weighted by Gasteiger charge is 2.09. The second-order valence-electron chi connectivity index (χ2n) is 3.82. The zero-order valence-corrected chi connectivity index (χ0v) is 11.6. The summed E-state index contributed by atoms with van der Waals surface area (Å²) in [7, 11) is 0. The number of nitrogens with zero attached hydrogens (tertiary/aromatic N) is 1. The van der Waals surface area contributed by atoms with Gasteiger partial charge in [-0.25, -0.2) is 0 Å². The van der Waals surface area contributed by atoms with E-state index < -0.39 is 0 Å². The number of halogens is 1. The van der Waals surface area contributed by atoms with E-state index in [-0.39, 0.29) is 5.91 Å². The molecular weight excluding hydrogens is 284 g/mol. The zero-order chi connectivity index (χ0) is 13.8. The fraction of sp³-hybridized carbons (Fsp3) is 0.0769. The topological polar surface area (TPSA) is 61.7 Å². The Morgan fingerprint density at radius 2 is 1.95 bits per heavy atom. The van der Waals surface area contributed by atoms with Gasteiger partial charge in [-0.05, 0) is 36.8 Å². The Kier molecular flexibility index (Phi) is 4.19. The molecule has 1 aromatic heterocycles. The summed E-state index contributed by atoms with van der Waals surface area (Å²) in [5.41, 5.74) is 1.98. The number of carbonyl (C=O) groups is 1. The van der Waals surface area contributed by atoms with Gasteiger partial charge in [0, 0.05) is 5.69 Å². The van der Waals surface area contributed by atoms with E-state index in [1.165, 1.54) is 11.3 Å². The number of hydrogen-bond donors (Lipinski definition) is 2. The Balaban J connectivity index is 2.10. The third-order valence-electron chi connectivity index (χ3n) is 2.51. The number of rotatable bonds is 3. The standard InChI is InChI=1S/C13H11ClN2O2S/c1-8(16-18)9-2-4-10(5-3-9)15-13(17)11-6-7-12(14)19-11/h2-7,18H,1H3,(H,15,17). The maximum absolute atomic E-state index is 11.9. The van der Waals surface area contributed by atoms with Gasteiger partial charge in [0.15, 0.2) is 0 Å². The molecule has 0 bridgehead atoms. The Bertz CT molecular complexity index is 620. The van der Waals surface area contributed by atoms with Crippen LogP contribution in [0.2, 0.25) is 4.34 Å². The van der Waals surface area contributed by atoms with Crippen molar-refractivity contribution >= 4 is 40.2 Å². The van der Waals surface area contributed by atoms with Crippen LogP contribution in [0.5, 0.6) is 0 Å². The first-order valence-corrected chi connectivity index (χ1v) is 6.65. The van der Waals surface area contributed by atoms with Gasteiger partial charge >= 0.3 is 0 Å². The SMILES string of the molecule is CC(=NO)c1ccc(NC(=O)c2ccc(Cl)s2)cc1. The lowest BCUT2D eigenvalue weighted by atomic mass is 10.1. The quantitative estimate of drug-likeness (QED) is 0.513. The van der Waals surface area contributed by atoms with E-state index in [2.05, 4.69) is 10.5 Å². The molecular formula is C13H11ClN2O2S. The highest BCUT2D eigenvalue weighted by atomic mass is 35.5. The van der Waals surface area contributed by atoms with Gasteiger partial charge in [-0.2, -0.15) is 0 Å². The zero-order valence-electron chi connectivity index (χ0n) is 10.1. The maximum atomic E-state index is 11.9. The summed E-state index contributed by atoms with van der Waals surface area (Å²) in [5, 5.41) is 14.5. The van der Waals surface area contributed by atoms with Crippen molar-refractivity contribution in [2.75, 3.05) is 5.32 Å². The number of oxime groups is 1. The van der Waals surface area contributed by atoms with E-state index in [1.807, 2.05) is 0 Å². The summed E-state index contributed by atoms with van der Waals surface area (Å²) < 4.78 is 0.579. The first-order chi connectivity index (χ1) is 9.10. The van der Waals surface area contributed by atoms with Crippen LogP contribution >= 0.6 is 22.9 Å². The molecule has 0 spiro atoms. The van der Waals surface area contributed by atoms with E-state index in [9.17, 15) is 4.79 Å². The molecule has 0 aliphatic carbocycles. The molecule has 0 saturated heterocycles. The molecule has 1 amide bonds. The fourth-order valence-corrected chi connectivity index (χ4v) is 2.42. The van der Waals surface area contributed by atoms with Gasteiger partial charge in [0.2, 0.25) is 0 Å². The van der Waals surface area contributed by atoms with Crippen LogP contribution in [0.1, 0.15) is 22.2 Å². The minimum absolute atomic E-state index is 0.197. The van der Waals surface area contributed by atoms with Crippen molar-refractivity contribution < 1.29 is 10.0 Å². The molecule has 19 heavy (non-hydrogen) atoms. The Morgan fingerprint density at radius 3 is 2.47 bits per heavy atom. The molecule has 0 atom stereocenters. The minimum Gasteiger partial charge on any atom is -0.411 e. The average Bonchev–Trinajstić information content (AvgIpc) is 2.85. The van der Waals surface area contributed by atoms with Crippen LogP contribution in [0.15, 0.2) is 41.6 Å². The van der Waals surface area contributed by atoms with Crippen molar-refractivity contribution in [2.24, 2.45) is 5.16 Å². The first-order valence-electron chi connectivity index (χ1n) is 5.46. The molecule has 0 aliphatic heterocycles. The van der Waals surface area contributed by atoms with Crippen molar-refractivity contribution in [1.82, 2.24) is 0 Å². The summed E-state index contributed by atoms with van der Waals surface area (Å²) in [6.07, 6.45) is 0. The van der Waals surface area contributed by atoms with Crippen LogP contribution < -0.4 is 5.32 Å². The van der Waals surface area contributed by atoms with Gasteiger partial charge in [-0.15, -0.1) is 11.3 Å². The number of amides is 1. The number of benzene rings is 1. The van der Waals surface area contributed by atoms with Crippen LogP contribution in [0.4, 0.5) is 5.69 Å². The predicted molar refractivity (Wildman–Crippen MR) is 77.7 cm³/mol. The molecule has 2 aromatic rings. The average molecular weight is 295 g/mol. The van der Waals surface area contributed by atoms with Crippen molar-refractivity contribution in [1.29, 1.82) is 0 Å². The van der Waals surface area contributed by atoms with E-state index in [0.29, 0.717) is 20.6 Å². The summed E-state index contributed by atoms with van der Waals surface area (Å²) in [4.78, 5) is 12.4. The third kappa shape index (κ3) is 3.33. The normalized spacial score (nSPS) is 11.4. The monoisotopic (exact) mass is 294 g/mol. The molecule has 0 saturated carbocycles. The van der Waals surface area contributed by atoms with Crippen molar-refractivity contribution in [3.63, 3.8) is 0 Å².